The summed E-state index contributed by atoms with van der Waals surface area (Å²) in [4.78, 5) is 13.8. The van der Waals surface area contributed by atoms with Gasteiger partial charge in [-0.25, -0.2) is 9.97 Å². The van der Waals surface area contributed by atoms with Crippen molar-refractivity contribution in [1.29, 1.82) is 0 Å². The van der Waals surface area contributed by atoms with Gasteiger partial charge in [0.2, 0.25) is 0 Å². The third-order valence-corrected chi connectivity index (χ3v) is 3.80. The van der Waals surface area contributed by atoms with Crippen molar-refractivity contribution in [1.82, 2.24) is 15.0 Å². The monoisotopic (exact) mass is 348 g/mol. The van der Waals surface area contributed by atoms with Crippen LogP contribution < -0.4 is 5.32 Å². The van der Waals surface area contributed by atoms with Gasteiger partial charge in [-0.15, -0.1) is 0 Å². The van der Waals surface area contributed by atoms with Gasteiger partial charge in [-0.3, -0.25) is 4.98 Å². The average molecular weight is 349 g/mol. The highest BCUT2D eigenvalue weighted by atomic mass is 79.9. The Balaban J connectivity index is 2.61. The smallest absolute Gasteiger partial charge is 0.180 e. The zero-order valence-corrected chi connectivity index (χ0v) is 14.7. The molecule has 0 aliphatic carbocycles. The van der Waals surface area contributed by atoms with Gasteiger partial charge in [-0.05, 0) is 41.4 Å². The summed E-state index contributed by atoms with van der Waals surface area (Å²) in [6, 6.07) is 3.98. The largest absolute Gasteiger partial charge is 0.369 e. The topological polar surface area (TPSA) is 50.7 Å². The van der Waals surface area contributed by atoms with Crippen LogP contribution in [0, 0.1) is 6.92 Å². The van der Waals surface area contributed by atoms with Crippen molar-refractivity contribution in [2.45, 2.75) is 40.0 Å². The first-order valence-electron chi connectivity index (χ1n) is 7.08. The number of anilines is 1. The summed E-state index contributed by atoms with van der Waals surface area (Å²) < 4.78 is 0.924. The quantitative estimate of drug-likeness (QED) is 0.896. The van der Waals surface area contributed by atoms with Crippen LogP contribution in [0.2, 0.25) is 0 Å². The molecule has 21 heavy (non-hydrogen) atoms. The molecule has 5 heteroatoms. The summed E-state index contributed by atoms with van der Waals surface area (Å²) in [6.45, 7) is 11.3. The molecule has 2 heterocycles. The molecular weight excluding hydrogens is 328 g/mol. The number of rotatable bonds is 3. The molecule has 2 aromatic heterocycles. The Labute approximate surface area is 134 Å². The van der Waals surface area contributed by atoms with E-state index in [0.29, 0.717) is 5.82 Å². The normalized spacial score (nSPS) is 11.5. The SMILES string of the molecule is CCNc1nc(-c2ccc(C)cn2)nc(C(C)(C)C)c1Br. The maximum Gasteiger partial charge on any atom is 0.180 e. The number of halogens is 1. The minimum atomic E-state index is -0.0780. The van der Waals surface area contributed by atoms with E-state index in [1.54, 1.807) is 0 Å². The van der Waals surface area contributed by atoms with Gasteiger partial charge in [0.15, 0.2) is 5.82 Å². The molecule has 112 valence electrons. The highest BCUT2D eigenvalue weighted by molar-refractivity contribution is 9.10. The van der Waals surface area contributed by atoms with Crippen LogP contribution in [-0.2, 0) is 5.41 Å². The number of hydrogen-bond donors (Lipinski definition) is 1. The lowest BCUT2D eigenvalue weighted by Crippen LogP contribution is -2.17. The highest BCUT2D eigenvalue weighted by Crippen LogP contribution is 2.34. The second-order valence-corrected chi connectivity index (χ2v) is 6.85. The summed E-state index contributed by atoms with van der Waals surface area (Å²) in [5, 5.41) is 3.28. The Morgan fingerprint density at radius 1 is 1.19 bits per heavy atom. The van der Waals surface area contributed by atoms with E-state index in [0.717, 1.165) is 33.8 Å². The van der Waals surface area contributed by atoms with Crippen LogP contribution in [0.15, 0.2) is 22.8 Å². The van der Waals surface area contributed by atoms with E-state index in [2.05, 4.69) is 58.9 Å². The molecule has 1 N–H and O–H groups in total. The fourth-order valence-electron chi connectivity index (χ4n) is 1.94. The molecule has 0 saturated carbocycles. The minimum Gasteiger partial charge on any atom is -0.369 e. The fourth-order valence-corrected chi connectivity index (χ4v) is 2.86. The first-order chi connectivity index (χ1) is 9.82. The van der Waals surface area contributed by atoms with Crippen LogP contribution in [0.25, 0.3) is 11.5 Å². The van der Waals surface area contributed by atoms with Crippen LogP contribution in [0.4, 0.5) is 5.82 Å². The number of nitrogens with zero attached hydrogens (tertiary/aromatic N) is 3. The zero-order valence-electron chi connectivity index (χ0n) is 13.2. The van der Waals surface area contributed by atoms with E-state index in [4.69, 9.17) is 4.98 Å². The van der Waals surface area contributed by atoms with E-state index < -0.39 is 0 Å². The van der Waals surface area contributed by atoms with Crippen molar-refractivity contribution in [3.63, 3.8) is 0 Å². The molecule has 0 bridgehead atoms. The average Bonchev–Trinajstić information content (AvgIpc) is 2.41. The summed E-state index contributed by atoms with van der Waals surface area (Å²) in [5.74, 6) is 1.47. The number of nitrogens with one attached hydrogen (secondary N) is 1. The molecule has 0 unspecified atom stereocenters. The Morgan fingerprint density at radius 2 is 1.90 bits per heavy atom. The zero-order chi connectivity index (χ0) is 15.6. The lowest BCUT2D eigenvalue weighted by Gasteiger charge is -2.22. The molecule has 0 saturated heterocycles. The second kappa shape index (κ2) is 6.10. The van der Waals surface area contributed by atoms with E-state index in [1.165, 1.54) is 0 Å². The van der Waals surface area contributed by atoms with Gasteiger partial charge < -0.3 is 5.32 Å². The molecule has 0 aliphatic heterocycles. The number of pyridine rings is 1. The van der Waals surface area contributed by atoms with E-state index >= 15 is 0 Å². The molecule has 0 spiro atoms. The Morgan fingerprint density at radius 3 is 2.43 bits per heavy atom. The minimum absolute atomic E-state index is 0.0780. The van der Waals surface area contributed by atoms with Crippen LogP contribution in [0.5, 0.6) is 0 Å². The number of aromatic nitrogens is 3. The van der Waals surface area contributed by atoms with Gasteiger partial charge in [0.1, 0.15) is 11.5 Å². The van der Waals surface area contributed by atoms with Crippen molar-refractivity contribution < 1.29 is 0 Å². The second-order valence-electron chi connectivity index (χ2n) is 6.06. The third kappa shape index (κ3) is 3.59. The first kappa shape index (κ1) is 15.9. The van der Waals surface area contributed by atoms with Crippen LogP contribution in [0.1, 0.15) is 39.0 Å². The maximum atomic E-state index is 4.73. The van der Waals surface area contributed by atoms with Gasteiger partial charge in [0, 0.05) is 18.2 Å². The lowest BCUT2D eigenvalue weighted by molar-refractivity contribution is 0.564. The molecule has 0 aliphatic rings. The van der Waals surface area contributed by atoms with Crippen LogP contribution >= 0.6 is 15.9 Å². The molecule has 2 aromatic rings. The number of aryl methyl sites for hydroxylation is 1. The van der Waals surface area contributed by atoms with Gasteiger partial charge in [-0.2, -0.15) is 0 Å². The van der Waals surface area contributed by atoms with Gasteiger partial charge >= 0.3 is 0 Å². The maximum absolute atomic E-state index is 4.73. The fraction of sp³-hybridized carbons (Fsp3) is 0.438. The van der Waals surface area contributed by atoms with Crippen molar-refractivity contribution in [2.75, 3.05) is 11.9 Å². The van der Waals surface area contributed by atoms with E-state index in [9.17, 15) is 0 Å². The Bertz CT molecular complexity index is 630. The molecule has 0 radical (unpaired) electrons. The highest BCUT2D eigenvalue weighted by Gasteiger charge is 2.23. The van der Waals surface area contributed by atoms with Gasteiger partial charge in [0.25, 0.3) is 0 Å². The summed E-state index contributed by atoms with van der Waals surface area (Å²) >= 11 is 3.63. The molecule has 4 nitrogen and oxygen atoms in total. The third-order valence-electron chi connectivity index (χ3n) is 3.05. The predicted molar refractivity (Wildman–Crippen MR) is 90.6 cm³/mol. The summed E-state index contributed by atoms with van der Waals surface area (Å²) in [6.07, 6.45) is 1.84. The summed E-state index contributed by atoms with van der Waals surface area (Å²) in [5.41, 5.74) is 2.81. The molecule has 0 aromatic carbocycles. The van der Waals surface area contributed by atoms with Crippen molar-refractivity contribution in [2.24, 2.45) is 0 Å². The lowest BCUT2D eigenvalue weighted by atomic mass is 9.92. The van der Waals surface area contributed by atoms with E-state index in [1.807, 2.05) is 25.3 Å². The van der Waals surface area contributed by atoms with Crippen LogP contribution in [0.3, 0.4) is 0 Å². The predicted octanol–water partition coefficient (Wildman–Crippen LogP) is 4.34. The van der Waals surface area contributed by atoms with Gasteiger partial charge in [0.05, 0.1) is 10.2 Å². The molecule has 2 rings (SSSR count). The van der Waals surface area contributed by atoms with Gasteiger partial charge in [-0.1, -0.05) is 26.8 Å². The standard InChI is InChI=1S/C16H21BrN4/c1-6-18-15-12(17)13(16(3,4)5)20-14(21-15)11-8-7-10(2)9-19-11/h7-9H,6H2,1-5H3,(H,18,20,21). The summed E-state index contributed by atoms with van der Waals surface area (Å²) in [7, 11) is 0. The molecule has 0 fully saturated rings. The molecular formula is C16H21BrN4. The van der Waals surface area contributed by atoms with Crippen molar-refractivity contribution >= 4 is 21.7 Å². The van der Waals surface area contributed by atoms with E-state index in [-0.39, 0.29) is 5.41 Å². The molecule has 0 atom stereocenters. The Hall–Kier alpha value is -1.49. The number of hydrogen-bond acceptors (Lipinski definition) is 4. The van der Waals surface area contributed by atoms with Crippen molar-refractivity contribution in [3.05, 3.63) is 34.1 Å². The van der Waals surface area contributed by atoms with Crippen LogP contribution in [-0.4, -0.2) is 21.5 Å². The van der Waals surface area contributed by atoms with Crippen molar-refractivity contribution in [3.8, 4) is 11.5 Å². The first-order valence-corrected chi connectivity index (χ1v) is 7.87. The molecule has 0 amide bonds. The Kier molecular flexibility index (Phi) is 4.61.